The van der Waals surface area contributed by atoms with E-state index in [1.165, 1.54) is 6.42 Å². The van der Waals surface area contributed by atoms with Gasteiger partial charge in [0.15, 0.2) is 0 Å². The lowest BCUT2D eigenvalue weighted by Gasteiger charge is -2.35. The lowest BCUT2D eigenvalue weighted by Crippen LogP contribution is -2.48. The topological polar surface area (TPSA) is 75.4 Å². The first-order valence-electron chi connectivity index (χ1n) is 6.90. The summed E-state index contributed by atoms with van der Waals surface area (Å²) in [7, 11) is 0. The van der Waals surface area contributed by atoms with Crippen LogP contribution < -0.4 is 11.1 Å². The number of aliphatic hydroxyl groups is 1. The largest absolute Gasteiger partial charge is 0.392 e. The van der Waals surface area contributed by atoms with Gasteiger partial charge in [0.1, 0.15) is 0 Å². The molecule has 0 radical (unpaired) electrons. The van der Waals surface area contributed by atoms with Gasteiger partial charge in [-0.3, -0.25) is 4.79 Å². The number of carbonyl (C=O) groups is 1. The maximum absolute atomic E-state index is 11.1. The third-order valence-electron chi connectivity index (χ3n) is 4.31. The number of hydrogen-bond acceptors (Lipinski definition) is 3. The van der Waals surface area contributed by atoms with Crippen molar-refractivity contribution in [1.29, 1.82) is 0 Å². The first-order chi connectivity index (χ1) is 8.16. The Balaban J connectivity index is 1.75. The van der Waals surface area contributed by atoms with Gasteiger partial charge < -0.3 is 16.2 Å². The van der Waals surface area contributed by atoms with Crippen LogP contribution in [-0.2, 0) is 4.79 Å². The van der Waals surface area contributed by atoms with Gasteiger partial charge in [-0.1, -0.05) is 12.8 Å². The summed E-state index contributed by atoms with van der Waals surface area (Å²) in [6.07, 6.45) is 8.00. The fraction of sp³-hybridized carbons (Fsp3) is 0.923. The summed E-state index contributed by atoms with van der Waals surface area (Å²) in [5.41, 5.74) is 5.32. The third kappa shape index (κ3) is 3.42. The monoisotopic (exact) mass is 240 g/mol. The van der Waals surface area contributed by atoms with Crippen LogP contribution in [0.15, 0.2) is 0 Å². The molecule has 2 atom stereocenters. The summed E-state index contributed by atoms with van der Waals surface area (Å²) in [6, 6.07) is 0.724. The van der Waals surface area contributed by atoms with Crippen molar-refractivity contribution in [1.82, 2.24) is 5.32 Å². The lowest BCUT2D eigenvalue weighted by molar-refractivity contribution is -0.122. The van der Waals surface area contributed by atoms with Crippen LogP contribution >= 0.6 is 0 Å². The molecule has 0 aromatic heterocycles. The van der Waals surface area contributed by atoms with Gasteiger partial charge in [0.05, 0.1) is 6.10 Å². The summed E-state index contributed by atoms with van der Waals surface area (Å²) < 4.78 is 0. The van der Waals surface area contributed by atoms with Crippen LogP contribution in [0.1, 0.15) is 51.4 Å². The van der Waals surface area contributed by atoms with E-state index in [1.54, 1.807) is 0 Å². The molecule has 98 valence electrons. The van der Waals surface area contributed by atoms with Crippen molar-refractivity contribution in [2.45, 2.75) is 69.6 Å². The molecule has 0 spiro atoms. The smallest absolute Gasteiger partial charge is 0.220 e. The summed E-state index contributed by atoms with van der Waals surface area (Å²) in [4.78, 5) is 11.1. The first-order valence-corrected chi connectivity index (χ1v) is 6.90. The van der Waals surface area contributed by atoms with Crippen molar-refractivity contribution < 1.29 is 9.90 Å². The molecule has 2 unspecified atom stereocenters. The molecular weight excluding hydrogens is 216 g/mol. The normalized spacial score (nSPS) is 38.9. The SMILES string of the molecule is NC(=O)C1CCC(NC2CCCCC2O)CC1. The van der Waals surface area contributed by atoms with Crippen LogP contribution in [-0.4, -0.2) is 29.2 Å². The number of aliphatic hydroxyl groups excluding tert-OH is 1. The number of amides is 1. The van der Waals surface area contributed by atoms with Crippen molar-refractivity contribution in [3.05, 3.63) is 0 Å². The quantitative estimate of drug-likeness (QED) is 0.686. The number of hydrogen-bond donors (Lipinski definition) is 3. The van der Waals surface area contributed by atoms with E-state index in [0.29, 0.717) is 6.04 Å². The molecule has 4 nitrogen and oxygen atoms in total. The van der Waals surface area contributed by atoms with Gasteiger partial charge >= 0.3 is 0 Å². The number of nitrogens with two attached hydrogens (primary N) is 1. The van der Waals surface area contributed by atoms with Crippen molar-refractivity contribution in [3.63, 3.8) is 0 Å². The van der Waals surface area contributed by atoms with Gasteiger partial charge in [0, 0.05) is 18.0 Å². The van der Waals surface area contributed by atoms with E-state index in [4.69, 9.17) is 5.73 Å². The minimum absolute atomic E-state index is 0.0735. The number of rotatable bonds is 3. The molecule has 0 saturated heterocycles. The molecule has 2 aliphatic carbocycles. The summed E-state index contributed by atoms with van der Waals surface area (Å²) in [5.74, 6) is -0.0783. The van der Waals surface area contributed by atoms with E-state index in [-0.39, 0.29) is 24.0 Å². The molecule has 4 N–H and O–H groups in total. The molecule has 0 aromatic rings. The highest BCUT2D eigenvalue weighted by atomic mass is 16.3. The highest BCUT2D eigenvalue weighted by molar-refractivity contribution is 5.76. The van der Waals surface area contributed by atoms with Crippen molar-refractivity contribution in [2.75, 3.05) is 0 Å². The van der Waals surface area contributed by atoms with E-state index in [9.17, 15) is 9.90 Å². The zero-order valence-electron chi connectivity index (χ0n) is 10.4. The predicted molar refractivity (Wildman–Crippen MR) is 66.3 cm³/mol. The Kier molecular flexibility index (Phi) is 4.40. The summed E-state index contributed by atoms with van der Waals surface area (Å²) in [6.45, 7) is 0. The van der Waals surface area contributed by atoms with E-state index in [0.717, 1.165) is 44.9 Å². The zero-order chi connectivity index (χ0) is 12.3. The van der Waals surface area contributed by atoms with Crippen LogP contribution in [0, 0.1) is 5.92 Å². The highest BCUT2D eigenvalue weighted by Crippen LogP contribution is 2.26. The Morgan fingerprint density at radius 3 is 2.29 bits per heavy atom. The predicted octanol–water partition coefficient (Wildman–Crippen LogP) is 0.924. The summed E-state index contributed by atoms with van der Waals surface area (Å²) >= 11 is 0. The van der Waals surface area contributed by atoms with Crippen molar-refractivity contribution in [3.8, 4) is 0 Å². The van der Waals surface area contributed by atoms with E-state index < -0.39 is 0 Å². The molecule has 2 rings (SSSR count). The molecule has 4 heteroatoms. The maximum atomic E-state index is 11.1. The molecule has 0 aromatic carbocycles. The Morgan fingerprint density at radius 1 is 1.06 bits per heavy atom. The van der Waals surface area contributed by atoms with Gasteiger partial charge in [-0.15, -0.1) is 0 Å². The van der Waals surface area contributed by atoms with Crippen LogP contribution in [0.4, 0.5) is 0 Å². The van der Waals surface area contributed by atoms with Crippen molar-refractivity contribution in [2.24, 2.45) is 11.7 Å². The lowest BCUT2D eigenvalue weighted by atomic mass is 9.84. The molecule has 0 aliphatic heterocycles. The van der Waals surface area contributed by atoms with Gasteiger partial charge in [0.2, 0.25) is 5.91 Å². The molecule has 2 aliphatic rings. The number of primary amides is 1. The molecule has 1 amide bonds. The fourth-order valence-corrected chi connectivity index (χ4v) is 3.15. The fourth-order valence-electron chi connectivity index (χ4n) is 3.15. The molecule has 0 heterocycles. The van der Waals surface area contributed by atoms with Gasteiger partial charge in [-0.05, 0) is 38.5 Å². The standard InChI is InChI=1S/C13H24N2O2/c14-13(17)9-5-7-10(8-6-9)15-11-3-1-2-4-12(11)16/h9-12,15-16H,1-8H2,(H2,14,17). The molecule has 17 heavy (non-hydrogen) atoms. The molecular formula is C13H24N2O2. The second-order valence-electron chi connectivity index (χ2n) is 5.58. The average molecular weight is 240 g/mol. The Morgan fingerprint density at radius 2 is 1.71 bits per heavy atom. The highest BCUT2D eigenvalue weighted by Gasteiger charge is 2.29. The van der Waals surface area contributed by atoms with Crippen molar-refractivity contribution >= 4 is 5.91 Å². The number of carbonyl (C=O) groups excluding carboxylic acids is 1. The summed E-state index contributed by atoms with van der Waals surface area (Å²) in [5, 5.41) is 13.5. The first kappa shape index (κ1) is 12.8. The zero-order valence-corrected chi connectivity index (χ0v) is 10.4. The minimum atomic E-state index is -0.183. The Hall–Kier alpha value is -0.610. The van der Waals surface area contributed by atoms with Crippen LogP contribution in [0.2, 0.25) is 0 Å². The Labute approximate surface area is 103 Å². The molecule has 2 saturated carbocycles. The second kappa shape index (κ2) is 5.83. The van der Waals surface area contributed by atoms with E-state index in [2.05, 4.69) is 5.32 Å². The maximum Gasteiger partial charge on any atom is 0.220 e. The van der Waals surface area contributed by atoms with Gasteiger partial charge in [-0.2, -0.15) is 0 Å². The van der Waals surface area contributed by atoms with E-state index >= 15 is 0 Å². The number of nitrogens with one attached hydrogen (secondary N) is 1. The average Bonchev–Trinajstić information content (AvgIpc) is 2.33. The molecule has 0 bridgehead atoms. The van der Waals surface area contributed by atoms with Crippen LogP contribution in [0.5, 0.6) is 0 Å². The van der Waals surface area contributed by atoms with Crippen LogP contribution in [0.25, 0.3) is 0 Å². The van der Waals surface area contributed by atoms with E-state index in [1.807, 2.05) is 0 Å². The van der Waals surface area contributed by atoms with Gasteiger partial charge in [-0.25, -0.2) is 0 Å². The third-order valence-corrected chi connectivity index (χ3v) is 4.31. The Bertz CT molecular complexity index is 262. The van der Waals surface area contributed by atoms with Crippen LogP contribution in [0.3, 0.4) is 0 Å². The second-order valence-corrected chi connectivity index (χ2v) is 5.58. The van der Waals surface area contributed by atoms with Gasteiger partial charge in [0.25, 0.3) is 0 Å². The molecule has 2 fully saturated rings. The minimum Gasteiger partial charge on any atom is -0.392 e.